The molecule has 7 heteroatoms. The van der Waals surface area contributed by atoms with E-state index in [-0.39, 0.29) is 37.4 Å². The summed E-state index contributed by atoms with van der Waals surface area (Å²) in [4.78, 5) is 35.9. The summed E-state index contributed by atoms with van der Waals surface area (Å²) in [5.74, 6) is -1.16. The van der Waals surface area contributed by atoms with Crippen LogP contribution in [-0.4, -0.2) is 42.3 Å². The van der Waals surface area contributed by atoms with Crippen LogP contribution in [-0.2, 0) is 14.3 Å². The zero-order valence-electron chi connectivity index (χ0n) is 19.4. The standard InChI is InChI=1S/C26H32N2O5/c1-4-17(15-23(29)27-14-13-26(2,3)24(30)31)28-25(32)33-16-22-20-11-7-5-9-18(20)19-10-6-8-12-21(19)22/h5-12,17,22H,4,13-16H2,1-3H3,(H,27,29)(H,28,32)(H,30,31)/t17-/m0/s1. The predicted molar refractivity (Wildman–Crippen MR) is 126 cm³/mol. The first-order chi connectivity index (χ1) is 15.7. The Hall–Kier alpha value is -3.35. The molecule has 1 aliphatic rings. The summed E-state index contributed by atoms with van der Waals surface area (Å²) in [7, 11) is 0. The number of nitrogens with one attached hydrogen (secondary N) is 2. The summed E-state index contributed by atoms with van der Waals surface area (Å²) >= 11 is 0. The zero-order chi connectivity index (χ0) is 24.0. The van der Waals surface area contributed by atoms with E-state index in [4.69, 9.17) is 9.84 Å². The summed E-state index contributed by atoms with van der Waals surface area (Å²) in [6.07, 6.45) is 0.445. The summed E-state index contributed by atoms with van der Waals surface area (Å²) in [5.41, 5.74) is 3.70. The fourth-order valence-corrected chi connectivity index (χ4v) is 4.02. The number of aliphatic carboxylic acids is 1. The van der Waals surface area contributed by atoms with Gasteiger partial charge in [-0.05, 0) is 48.9 Å². The molecule has 7 nitrogen and oxygen atoms in total. The molecule has 0 bridgehead atoms. The highest BCUT2D eigenvalue weighted by atomic mass is 16.5. The van der Waals surface area contributed by atoms with Gasteiger partial charge in [0.2, 0.25) is 5.91 Å². The van der Waals surface area contributed by atoms with Crippen LogP contribution in [0.25, 0.3) is 11.1 Å². The average molecular weight is 453 g/mol. The Morgan fingerprint density at radius 3 is 2.15 bits per heavy atom. The van der Waals surface area contributed by atoms with Gasteiger partial charge in [-0.3, -0.25) is 9.59 Å². The van der Waals surface area contributed by atoms with E-state index in [9.17, 15) is 14.4 Å². The molecule has 0 spiro atoms. The van der Waals surface area contributed by atoms with Crippen molar-refractivity contribution in [3.8, 4) is 11.1 Å². The number of fused-ring (bicyclic) bond motifs is 3. The number of hydrogen-bond donors (Lipinski definition) is 3. The molecule has 2 amide bonds. The molecule has 0 aliphatic heterocycles. The Bertz CT molecular complexity index is 972. The third kappa shape index (κ3) is 5.92. The summed E-state index contributed by atoms with van der Waals surface area (Å²) in [6.45, 7) is 5.60. The van der Waals surface area contributed by atoms with E-state index in [1.165, 1.54) is 0 Å². The maximum atomic E-state index is 12.5. The second kappa shape index (κ2) is 10.5. The van der Waals surface area contributed by atoms with Gasteiger partial charge < -0.3 is 20.5 Å². The van der Waals surface area contributed by atoms with E-state index in [1.54, 1.807) is 13.8 Å². The van der Waals surface area contributed by atoms with Crippen molar-refractivity contribution in [3.05, 3.63) is 59.7 Å². The molecular weight excluding hydrogens is 420 g/mol. The topological polar surface area (TPSA) is 105 Å². The van der Waals surface area contributed by atoms with Gasteiger partial charge in [0.1, 0.15) is 6.61 Å². The summed E-state index contributed by atoms with van der Waals surface area (Å²) in [6, 6.07) is 15.9. The van der Waals surface area contributed by atoms with Gasteiger partial charge in [0.25, 0.3) is 0 Å². The lowest BCUT2D eigenvalue weighted by Crippen LogP contribution is -2.40. The fourth-order valence-electron chi connectivity index (χ4n) is 4.02. The lowest BCUT2D eigenvalue weighted by atomic mass is 9.90. The van der Waals surface area contributed by atoms with Gasteiger partial charge in [-0.25, -0.2) is 4.79 Å². The largest absolute Gasteiger partial charge is 0.481 e. The van der Waals surface area contributed by atoms with Gasteiger partial charge in [-0.15, -0.1) is 0 Å². The number of rotatable bonds is 10. The Morgan fingerprint density at radius 2 is 1.61 bits per heavy atom. The Balaban J connectivity index is 1.50. The molecule has 3 rings (SSSR count). The van der Waals surface area contributed by atoms with Crippen LogP contribution < -0.4 is 10.6 Å². The van der Waals surface area contributed by atoms with Gasteiger partial charge in [0.15, 0.2) is 0 Å². The summed E-state index contributed by atoms with van der Waals surface area (Å²) in [5, 5.41) is 14.7. The Morgan fingerprint density at radius 1 is 1.03 bits per heavy atom. The van der Waals surface area contributed by atoms with Crippen molar-refractivity contribution in [2.75, 3.05) is 13.2 Å². The van der Waals surface area contributed by atoms with Gasteiger partial charge in [0, 0.05) is 24.9 Å². The van der Waals surface area contributed by atoms with Crippen molar-refractivity contribution in [2.24, 2.45) is 5.41 Å². The molecule has 0 saturated carbocycles. The van der Waals surface area contributed by atoms with Gasteiger partial charge in [0.05, 0.1) is 5.41 Å². The number of carbonyl (C=O) groups excluding carboxylic acids is 2. The second-order valence-corrected chi connectivity index (χ2v) is 9.07. The van der Waals surface area contributed by atoms with E-state index in [0.29, 0.717) is 12.8 Å². The molecular formula is C26H32N2O5. The molecule has 176 valence electrons. The maximum absolute atomic E-state index is 12.5. The average Bonchev–Trinajstić information content (AvgIpc) is 3.10. The van der Waals surface area contributed by atoms with Crippen LogP contribution in [0.15, 0.2) is 48.5 Å². The molecule has 1 aliphatic carbocycles. The highest BCUT2D eigenvalue weighted by Gasteiger charge is 2.29. The number of benzene rings is 2. The number of alkyl carbamates (subject to hydrolysis) is 1. The van der Waals surface area contributed by atoms with Crippen LogP contribution in [0.3, 0.4) is 0 Å². The summed E-state index contributed by atoms with van der Waals surface area (Å²) < 4.78 is 5.56. The number of amides is 2. The van der Waals surface area contributed by atoms with Crippen molar-refractivity contribution in [2.45, 2.75) is 52.0 Å². The third-order valence-corrected chi connectivity index (χ3v) is 6.24. The molecule has 0 aromatic heterocycles. The maximum Gasteiger partial charge on any atom is 0.407 e. The molecule has 2 aromatic carbocycles. The van der Waals surface area contributed by atoms with Gasteiger partial charge in [-0.1, -0.05) is 55.5 Å². The highest BCUT2D eigenvalue weighted by Crippen LogP contribution is 2.44. The van der Waals surface area contributed by atoms with E-state index in [2.05, 4.69) is 34.9 Å². The van der Waals surface area contributed by atoms with Crippen molar-refractivity contribution in [3.63, 3.8) is 0 Å². The lowest BCUT2D eigenvalue weighted by Gasteiger charge is -2.20. The minimum Gasteiger partial charge on any atom is -0.481 e. The van der Waals surface area contributed by atoms with Gasteiger partial charge in [-0.2, -0.15) is 0 Å². The number of ether oxygens (including phenoxy) is 1. The molecule has 3 N–H and O–H groups in total. The molecule has 0 unspecified atom stereocenters. The molecule has 0 radical (unpaired) electrons. The van der Waals surface area contributed by atoms with Crippen LogP contribution in [0.1, 0.15) is 57.1 Å². The first-order valence-electron chi connectivity index (χ1n) is 11.3. The van der Waals surface area contributed by atoms with Crippen LogP contribution in [0.5, 0.6) is 0 Å². The minimum atomic E-state index is -0.906. The number of hydrogen-bond acceptors (Lipinski definition) is 4. The smallest absolute Gasteiger partial charge is 0.407 e. The Kier molecular flexibility index (Phi) is 7.74. The Labute approximate surface area is 194 Å². The molecule has 0 heterocycles. The van der Waals surface area contributed by atoms with Crippen LogP contribution in [0, 0.1) is 5.41 Å². The van der Waals surface area contributed by atoms with Crippen molar-refractivity contribution < 1.29 is 24.2 Å². The molecule has 1 atom stereocenters. The first-order valence-corrected chi connectivity index (χ1v) is 11.3. The van der Waals surface area contributed by atoms with E-state index in [1.807, 2.05) is 31.2 Å². The van der Waals surface area contributed by atoms with Crippen molar-refractivity contribution in [1.82, 2.24) is 10.6 Å². The second-order valence-electron chi connectivity index (χ2n) is 9.07. The normalized spacial score (nSPS) is 13.5. The van der Waals surface area contributed by atoms with Crippen molar-refractivity contribution >= 4 is 18.0 Å². The minimum absolute atomic E-state index is 0.0240. The monoisotopic (exact) mass is 452 g/mol. The first kappa shape index (κ1) is 24.3. The number of carboxylic acid groups (broad SMARTS) is 1. The highest BCUT2D eigenvalue weighted by molar-refractivity contribution is 5.80. The van der Waals surface area contributed by atoms with Crippen LogP contribution in [0.4, 0.5) is 4.79 Å². The molecule has 0 fully saturated rings. The van der Waals surface area contributed by atoms with E-state index >= 15 is 0 Å². The molecule has 33 heavy (non-hydrogen) atoms. The van der Waals surface area contributed by atoms with Gasteiger partial charge >= 0.3 is 12.1 Å². The van der Waals surface area contributed by atoms with Crippen LogP contribution >= 0.6 is 0 Å². The van der Waals surface area contributed by atoms with Crippen molar-refractivity contribution in [1.29, 1.82) is 0 Å². The third-order valence-electron chi connectivity index (χ3n) is 6.24. The quantitative estimate of drug-likeness (QED) is 0.498. The number of carbonyl (C=O) groups is 3. The lowest BCUT2D eigenvalue weighted by molar-refractivity contribution is -0.147. The van der Waals surface area contributed by atoms with E-state index < -0.39 is 17.5 Å². The molecule has 0 saturated heterocycles. The predicted octanol–water partition coefficient (Wildman–Crippen LogP) is 4.31. The SMILES string of the molecule is CC[C@@H](CC(=O)NCCC(C)(C)C(=O)O)NC(=O)OCC1c2ccccc2-c2ccccc21. The molecule has 2 aromatic rings. The fraction of sp³-hybridized carbons (Fsp3) is 0.423. The van der Waals surface area contributed by atoms with E-state index in [0.717, 1.165) is 22.3 Å². The van der Waals surface area contributed by atoms with Crippen LogP contribution in [0.2, 0.25) is 0 Å². The number of carboxylic acids is 1. The zero-order valence-corrected chi connectivity index (χ0v) is 19.4.